The van der Waals surface area contributed by atoms with Gasteiger partial charge in [-0.25, -0.2) is 9.37 Å². The summed E-state index contributed by atoms with van der Waals surface area (Å²) in [6, 6.07) is 4.98. The topological polar surface area (TPSA) is 143 Å². The second kappa shape index (κ2) is 9.69. The van der Waals surface area contributed by atoms with Gasteiger partial charge in [0.2, 0.25) is 5.75 Å². The fraction of sp³-hybridized carbons (Fsp3) is 0.458. The predicted octanol–water partition coefficient (Wildman–Crippen LogP) is 0.561. The Bertz CT molecular complexity index is 1250. The zero-order valence-electron chi connectivity index (χ0n) is 20.2. The molecule has 3 N–H and O–H groups in total. The summed E-state index contributed by atoms with van der Waals surface area (Å²) in [6.07, 6.45) is 0.872. The number of benzene rings is 1. The van der Waals surface area contributed by atoms with Gasteiger partial charge in [-0.05, 0) is 37.0 Å². The Morgan fingerprint density at radius 3 is 2.56 bits per heavy atom. The molecule has 2 bridgehead atoms. The fourth-order valence-corrected chi connectivity index (χ4v) is 4.71. The van der Waals surface area contributed by atoms with Crippen LogP contribution in [0.3, 0.4) is 0 Å². The van der Waals surface area contributed by atoms with Crippen molar-refractivity contribution in [1.82, 2.24) is 25.1 Å². The maximum Gasteiger partial charge on any atom is 0.311 e. The van der Waals surface area contributed by atoms with E-state index in [2.05, 4.69) is 15.6 Å². The Balaban J connectivity index is 1.76. The summed E-state index contributed by atoms with van der Waals surface area (Å²) in [6.45, 7) is 1.79. The molecule has 3 unspecified atom stereocenters. The van der Waals surface area contributed by atoms with Crippen LogP contribution in [-0.4, -0.2) is 64.1 Å². The molecule has 5 rings (SSSR count). The molecule has 0 saturated carbocycles. The van der Waals surface area contributed by atoms with E-state index in [-0.39, 0.29) is 25.1 Å². The van der Waals surface area contributed by atoms with Crippen LogP contribution >= 0.6 is 0 Å². The van der Waals surface area contributed by atoms with Crippen LogP contribution < -0.4 is 16.2 Å². The third kappa shape index (κ3) is 4.43. The summed E-state index contributed by atoms with van der Waals surface area (Å²) in [5.74, 6) is -3.74. The highest BCUT2D eigenvalue weighted by atomic mass is 19.1. The molecule has 12 heteroatoms. The maximum absolute atomic E-state index is 13.4. The second-order valence-electron chi connectivity index (χ2n) is 9.22. The Hall–Kier alpha value is -3.80. The van der Waals surface area contributed by atoms with Crippen molar-refractivity contribution in [2.45, 2.75) is 50.4 Å². The highest BCUT2D eigenvalue weighted by Gasteiger charge is 2.50. The number of aromatic hydroxyl groups is 1. The molecule has 4 heterocycles. The molecule has 36 heavy (non-hydrogen) atoms. The molecule has 1 fully saturated rings. The molecular weight excluding hydrogens is 473 g/mol. The monoisotopic (exact) mass is 501 g/mol. The molecule has 3 aliphatic rings. The first kappa shape index (κ1) is 25.3. The maximum atomic E-state index is 13.4. The molecule has 1 aromatic heterocycles. The minimum Gasteiger partial charge on any atom is -0.501 e. The van der Waals surface area contributed by atoms with Crippen LogP contribution in [0, 0.1) is 5.82 Å². The molecule has 1 aromatic carbocycles. The van der Waals surface area contributed by atoms with E-state index in [0.717, 1.165) is 4.90 Å². The van der Waals surface area contributed by atoms with Gasteiger partial charge < -0.3 is 25.4 Å². The summed E-state index contributed by atoms with van der Waals surface area (Å²) in [5, 5.41) is 15.9. The zero-order chi connectivity index (χ0) is 26.2. The number of hydrogen-bond acceptors (Lipinski definition) is 7. The number of carbonyl (C=O) groups excluding carboxylic acids is 3. The van der Waals surface area contributed by atoms with E-state index < -0.39 is 52.1 Å². The number of fused-ring (bicyclic) bond motifs is 2. The predicted molar refractivity (Wildman–Crippen MR) is 125 cm³/mol. The van der Waals surface area contributed by atoms with Gasteiger partial charge in [0.1, 0.15) is 17.2 Å². The Kier molecular flexibility index (Phi) is 6.81. The van der Waals surface area contributed by atoms with Crippen molar-refractivity contribution in [3.8, 4) is 5.75 Å². The molecule has 3 atom stereocenters. The summed E-state index contributed by atoms with van der Waals surface area (Å²) >= 11 is 0. The van der Waals surface area contributed by atoms with Gasteiger partial charge in [-0.15, -0.1) is 0 Å². The summed E-state index contributed by atoms with van der Waals surface area (Å²) in [5.41, 5.74) is -2.11. The summed E-state index contributed by atoms with van der Waals surface area (Å²) in [7, 11) is 2.87. The Morgan fingerprint density at radius 2 is 1.97 bits per heavy atom. The third-order valence-electron chi connectivity index (χ3n) is 6.63. The molecule has 192 valence electrons. The van der Waals surface area contributed by atoms with Crippen LogP contribution in [0.4, 0.5) is 4.39 Å². The van der Waals surface area contributed by atoms with Crippen molar-refractivity contribution in [2.24, 2.45) is 0 Å². The quantitative estimate of drug-likeness (QED) is 0.508. The summed E-state index contributed by atoms with van der Waals surface area (Å²) < 4.78 is 20.4. The minimum absolute atomic E-state index is 0.000632. The largest absolute Gasteiger partial charge is 0.501 e. The van der Waals surface area contributed by atoms with Crippen molar-refractivity contribution in [1.29, 1.82) is 0 Å². The first-order chi connectivity index (χ1) is 17.1. The van der Waals surface area contributed by atoms with Crippen LogP contribution in [-0.2, 0) is 26.4 Å². The van der Waals surface area contributed by atoms with Crippen LogP contribution in [0.2, 0.25) is 0 Å². The first-order valence-electron chi connectivity index (χ1n) is 11.6. The lowest BCUT2D eigenvalue weighted by Crippen LogP contribution is -2.56. The van der Waals surface area contributed by atoms with E-state index in [9.17, 15) is 28.7 Å². The molecule has 2 aromatic rings. The molecule has 1 saturated heterocycles. The lowest BCUT2D eigenvalue weighted by molar-refractivity contribution is -0.147. The van der Waals surface area contributed by atoms with Gasteiger partial charge in [0.25, 0.3) is 11.5 Å². The number of aromatic nitrogens is 2. The number of nitrogens with zero attached hydrogens (tertiary/aromatic N) is 3. The number of rotatable bonds is 5. The van der Waals surface area contributed by atoms with Crippen LogP contribution in [0.25, 0.3) is 0 Å². The van der Waals surface area contributed by atoms with Crippen molar-refractivity contribution in [3.63, 3.8) is 0 Å². The molecule has 0 radical (unpaired) electrons. The van der Waals surface area contributed by atoms with Crippen molar-refractivity contribution >= 4 is 17.7 Å². The van der Waals surface area contributed by atoms with Gasteiger partial charge in [-0.1, -0.05) is 19.1 Å². The van der Waals surface area contributed by atoms with Crippen LogP contribution in [0.15, 0.2) is 29.1 Å². The molecule has 0 spiro atoms. The van der Waals surface area contributed by atoms with E-state index in [0.29, 0.717) is 24.8 Å². The van der Waals surface area contributed by atoms with Crippen LogP contribution in [0.1, 0.15) is 54.1 Å². The number of amides is 3. The number of halogens is 1. The Labute approximate surface area is 206 Å². The van der Waals surface area contributed by atoms with Gasteiger partial charge >= 0.3 is 11.8 Å². The van der Waals surface area contributed by atoms with E-state index in [4.69, 9.17) is 4.74 Å². The number of hydrogen-bond donors (Lipinski definition) is 3. The normalized spacial score (nSPS) is 22.3. The summed E-state index contributed by atoms with van der Waals surface area (Å²) in [4.78, 5) is 56.9. The minimum atomic E-state index is -1.36. The van der Waals surface area contributed by atoms with Gasteiger partial charge in [0, 0.05) is 20.6 Å². The van der Waals surface area contributed by atoms with Gasteiger partial charge in [-0.2, -0.15) is 0 Å². The lowest BCUT2D eigenvalue weighted by Gasteiger charge is -2.37. The van der Waals surface area contributed by atoms with Crippen molar-refractivity contribution < 1.29 is 28.6 Å². The lowest BCUT2D eigenvalue weighted by atomic mass is 9.89. The van der Waals surface area contributed by atoms with Gasteiger partial charge in [-0.3, -0.25) is 23.7 Å². The van der Waals surface area contributed by atoms with Gasteiger partial charge in [0.05, 0.1) is 18.8 Å². The van der Waals surface area contributed by atoms with Crippen molar-refractivity contribution in [3.05, 3.63) is 57.5 Å². The molecule has 3 amide bonds. The first-order valence-corrected chi connectivity index (χ1v) is 11.6. The van der Waals surface area contributed by atoms with Crippen LogP contribution in [0.5, 0.6) is 5.75 Å². The average molecular weight is 502 g/mol. The SMILES string of the molecule is CCC1C2CCC(NC(=O)C(=O)N(C)C)(CO2)c2nc(C(=O)NCc3ccc(F)cc3)c(O)c(=O)n21. The standard InChI is InChI=1S/C24H28FN5O6/c1-4-15-16-9-10-24(12-36-16,28-20(33)22(35)29(2)3)23-27-17(18(31)21(34)30(15)23)19(32)26-11-13-5-7-14(25)8-6-13/h5-8,15-16,31H,4,9-12H2,1-3H3,(H,26,32)(H,28,33). The average Bonchev–Trinajstić information content (AvgIpc) is 3.07. The number of nitrogens with one attached hydrogen (secondary N) is 2. The second-order valence-corrected chi connectivity index (χ2v) is 9.22. The van der Waals surface area contributed by atoms with E-state index in [1.807, 2.05) is 6.92 Å². The highest BCUT2D eigenvalue weighted by molar-refractivity contribution is 6.35. The van der Waals surface area contributed by atoms with Crippen molar-refractivity contribution in [2.75, 3.05) is 20.7 Å². The highest BCUT2D eigenvalue weighted by Crippen LogP contribution is 2.41. The smallest absolute Gasteiger partial charge is 0.311 e. The van der Waals surface area contributed by atoms with Gasteiger partial charge in [0.15, 0.2) is 5.69 Å². The van der Waals surface area contributed by atoms with E-state index in [1.54, 1.807) is 0 Å². The molecule has 11 nitrogen and oxygen atoms in total. The van der Waals surface area contributed by atoms with E-state index >= 15 is 0 Å². The number of likely N-dealkylation sites (N-methyl/N-ethyl adjacent to an activating group) is 1. The fourth-order valence-electron chi connectivity index (χ4n) is 4.71. The third-order valence-corrected chi connectivity index (χ3v) is 6.63. The molecule has 3 aliphatic heterocycles. The number of ether oxygens (including phenoxy) is 1. The number of carbonyl (C=O) groups is 3. The Morgan fingerprint density at radius 1 is 1.28 bits per heavy atom. The molecular formula is C24H28FN5O6. The zero-order valence-corrected chi connectivity index (χ0v) is 20.2. The van der Waals surface area contributed by atoms with E-state index in [1.165, 1.54) is 42.9 Å². The molecule has 0 aliphatic carbocycles.